The first-order valence-corrected chi connectivity index (χ1v) is 8.80. The van der Waals surface area contributed by atoms with E-state index in [1.165, 1.54) is 19.2 Å². The number of hydrogen-bond donors (Lipinski definition) is 0. The number of imide groups is 1. The third kappa shape index (κ3) is 3.43. The number of carbonyl (C=O) groups excluding carboxylic acids is 3. The molecule has 0 aromatic heterocycles. The predicted molar refractivity (Wildman–Crippen MR) is 103 cm³/mol. The molecule has 0 atom stereocenters. The van der Waals surface area contributed by atoms with Crippen LogP contribution in [0, 0.1) is 0 Å². The molecule has 2 aromatic rings. The zero-order valence-electron chi connectivity index (χ0n) is 16.3. The van der Waals surface area contributed by atoms with Crippen LogP contribution in [0.15, 0.2) is 36.4 Å². The van der Waals surface area contributed by atoms with Crippen LogP contribution in [0.4, 0.5) is 0 Å². The number of hydrogen-bond acceptors (Lipinski definition) is 5. The number of amides is 3. The van der Waals surface area contributed by atoms with Gasteiger partial charge in [-0.05, 0) is 42.3 Å². The lowest BCUT2D eigenvalue weighted by Gasteiger charge is -2.18. The molecule has 28 heavy (non-hydrogen) atoms. The Labute approximate surface area is 163 Å². The summed E-state index contributed by atoms with van der Waals surface area (Å²) >= 11 is 0. The maximum absolute atomic E-state index is 12.7. The average molecular weight is 382 g/mol. The van der Waals surface area contributed by atoms with Gasteiger partial charge in [0.2, 0.25) is 0 Å². The van der Waals surface area contributed by atoms with Gasteiger partial charge in [0.15, 0.2) is 11.5 Å². The molecule has 0 saturated carbocycles. The Morgan fingerprint density at radius 2 is 1.64 bits per heavy atom. The molecule has 2 aromatic carbocycles. The second-order valence-electron chi connectivity index (χ2n) is 6.60. The lowest BCUT2D eigenvalue weighted by molar-refractivity contribution is 0.0692. The topological polar surface area (TPSA) is 76.2 Å². The number of carbonyl (C=O) groups is 3. The standard InChI is InChI=1S/C21H22N2O5/c1-22(10-9-13-5-8-17(27-3)18(11-13)28-4)19(24)14-6-7-15-16(12-14)21(26)23(2)20(15)25/h5-8,11-12H,9-10H2,1-4H3. The van der Waals surface area contributed by atoms with Crippen molar-refractivity contribution >= 4 is 17.7 Å². The van der Waals surface area contributed by atoms with Gasteiger partial charge in [0.25, 0.3) is 17.7 Å². The van der Waals surface area contributed by atoms with Crippen LogP contribution in [0.1, 0.15) is 36.6 Å². The maximum atomic E-state index is 12.7. The molecule has 0 spiro atoms. The van der Waals surface area contributed by atoms with Crippen LogP contribution in [-0.2, 0) is 6.42 Å². The molecule has 3 rings (SSSR count). The van der Waals surface area contributed by atoms with Gasteiger partial charge in [-0.3, -0.25) is 19.3 Å². The molecule has 0 radical (unpaired) electrons. The Kier molecular flexibility index (Phi) is 5.35. The molecule has 0 bridgehead atoms. The summed E-state index contributed by atoms with van der Waals surface area (Å²) in [5, 5.41) is 0. The lowest BCUT2D eigenvalue weighted by atomic mass is 10.0. The zero-order valence-corrected chi connectivity index (χ0v) is 16.3. The normalized spacial score (nSPS) is 12.8. The molecule has 7 nitrogen and oxygen atoms in total. The van der Waals surface area contributed by atoms with Gasteiger partial charge >= 0.3 is 0 Å². The van der Waals surface area contributed by atoms with E-state index in [0.29, 0.717) is 35.6 Å². The minimum absolute atomic E-state index is 0.210. The molecule has 7 heteroatoms. The Morgan fingerprint density at radius 1 is 0.964 bits per heavy atom. The summed E-state index contributed by atoms with van der Waals surface area (Å²) in [4.78, 5) is 39.5. The molecule has 0 saturated heterocycles. The van der Waals surface area contributed by atoms with E-state index < -0.39 is 0 Å². The van der Waals surface area contributed by atoms with Crippen molar-refractivity contribution in [1.82, 2.24) is 9.80 Å². The highest BCUT2D eigenvalue weighted by Gasteiger charge is 2.33. The minimum Gasteiger partial charge on any atom is -0.493 e. The fourth-order valence-electron chi connectivity index (χ4n) is 3.15. The molecular weight excluding hydrogens is 360 g/mol. The monoisotopic (exact) mass is 382 g/mol. The van der Waals surface area contributed by atoms with Gasteiger partial charge in [0.05, 0.1) is 25.3 Å². The number of methoxy groups -OCH3 is 2. The predicted octanol–water partition coefficient (Wildman–Crippen LogP) is 2.24. The number of nitrogens with zero attached hydrogens (tertiary/aromatic N) is 2. The fraction of sp³-hybridized carbons (Fsp3) is 0.286. The van der Waals surface area contributed by atoms with Gasteiger partial charge in [0.1, 0.15) is 0 Å². The van der Waals surface area contributed by atoms with Crippen LogP contribution in [-0.4, -0.2) is 62.4 Å². The highest BCUT2D eigenvalue weighted by atomic mass is 16.5. The van der Waals surface area contributed by atoms with Crippen molar-refractivity contribution in [1.29, 1.82) is 0 Å². The van der Waals surface area contributed by atoms with Crippen LogP contribution >= 0.6 is 0 Å². The van der Waals surface area contributed by atoms with Gasteiger partial charge in [-0.1, -0.05) is 6.07 Å². The van der Waals surface area contributed by atoms with Crippen LogP contribution in [0.3, 0.4) is 0 Å². The van der Waals surface area contributed by atoms with Crippen molar-refractivity contribution in [2.24, 2.45) is 0 Å². The third-order valence-electron chi connectivity index (χ3n) is 4.87. The van der Waals surface area contributed by atoms with Crippen LogP contribution < -0.4 is 9.47 Å². The summed E-state index contributed by atoms with van der Waals surface area (Å²) in [5.74, 6) is 0.347. The average Bonchev–Trinajstić information content (AvgIpc) is 2.94. The molecule has 0 unspecified atom stereocenters. The van der Waals surface area contributed by atoms with E-state index in [4.69, 9.17) is 9.47 Å². The Morgan fingerprint density at radius 3 is 2.32 bits per heavy atom. The van der Waals surface area contributed by atoms with Crippen molar-refractivity contribution in [3.05, 3.63) is 58.7 Å². The van der Waals surface area contributed by atoms with E-state index in [0.717, 1.165) is 10.5 Å². The van der Waals surface area contributed by atoms with Gasteiger partial charge in [-0.25, -0.2) is 0 Å². The van der Waals surface area contributed by atoms with E-state index in [1.807, 2.05) is 18.2 Å². The van der Waals surface area contributed by atoms with E-state index in [9.17, 15) is 14.4 Å². The fourth-order valence-corrected chi connectivity index (χ4v) is 3.15. The molecule has 1 aliphatic rings. The quantitative estimate of drug-likeness (QED) is 0.716. The van der Waals surface area contributed by atoms with Crippen molar-refractivity contribution in [2.75, 3.05) is 34.9 Å². The molecule has 0 N–H and O–H groups in total. The van der Waals surface area contributed by atoms with E-state index >= 15 is 0 Å². The van der Waals surface area contributed by atoms with Gasteiger partial charge in [-0.15, -0.1) is 0 Å². The number of fused-ring (bicyclic) bond motifs is 1. The van der Waals surface area contributed by atoms with Crippen LogP contribution in [0.5, 0.6) is 11.5 Å². The molecule has 146 valence electrons. The number of benzene rings is 2. The Bertz CT molecular complexity index is 954. The smallest absolute Gasteiger partial charge is 0.261 e. The molecular formula is C21H22N2O5. The van der Waals surface area contributed by atoms with Crippen LogP contribution in [0.25, 0.3) is 0 Å². The zero-order chi connectivity index (χ0) is 20.4. The second-order valence-corrected chi connectivity index (χ2v) is 6.60. The Balaban J connectivity index is 1.71. The summed E-state index contributed by atoms with van der Waals surface area (Å²) in [6, 6.07) is 10.2. The first-order chi connectivity index (χ1) is 13.4. The first-order valence-electron chi connectivity index (χ1n) is 8.80. The minimum atomic E-state index is -0.386. The summed E-state index contributed by atoms with van der Waals surface area (Å²) in [7, 11) is 6.29. The number of likely N-dealkylation sites (N-methyl/N-ethyl adjacent to an activating group) is 1. The van der Waals surface area contributed by atoms with Gasteiger partial charge in [0, 0.05) is 26.2 Å². The highest BCUT2D eigenvalue weighted by Crippen LogP contribution is 2.28. The first kappa shape index (κ1) is 19.4. The summed E-state index contributed by atoms with van der Waals surface area (Å²) in [6.45, 7) is 0.484. The highest BCUT2D eigenvalue weighted by molar-refractivity contribution is 6.21. The molecule has 1 aliphatic heterocycles. The van der Waals surface area contributed by atoms with Crippen molar-refractivity contribution in [3.8, 4) is 11.5 Å². The third-order valence-corrected chi connectivity index (χ3v) is 4.87. The van der Waals surface area contributed by atoms with E-state index in [2.05, 4.69) is 0 Å². The SMILES string of the molecule is COc1ccc(CCN(C)C(=O)c2ccc3c(c2)C(=O)N(C)C3=O)cc1OC. The number of rotatable bonds is 6. The summed E-state index contributed by atoms with van der Waals surface area (Å²) < 4.78 is 10.5. The molecule has 3 amide bonds. The van der Waals surface area contributed by atoms with Gasteiger partial charge in [-0.2, -0.15) is 0 Å². The van der Waals surface area contributed by atoms with Crippen molar-refractivity contribution in [3.63, 3.8) is 0 Å². The van der Waals surface area contributed by atoms with Crippen molar-refractivity contribution in [2.45, 2.75) is 6.42 Å². The summed E-state index contributed by atoms with van der Waals surface area (Å²) in [6.07, 6.45) is 0.633. The van der Waals surface area contributed by atoms with Crippen molar-refractivity contribution < 1.29 is 23.9 Å². The molecule has 0 fully saturated rings. The number of ether oxygens (including phenoxy) is 2. The lowest BCUT2D eigenvalue weighted by Crippen LogP contribution is -2.29. The molecule has 0 aliphatic carbocycles. The molecule has 1 heterocycles. The summed E-state index contributed by atoms with van der Waals surface area (Å²) in [5.41, 5.74) is 1.99. The maximum Gasteiger partial charge on any atom is 0.261 e. The van der Waals surface area contributed by atoms with E-state index in [-0.39, 0.29) is 23.3 Å². The largest absolute Gasteiger partial charge is 0.493 e. The second kappa shape index (κ2) is 7.72. The van der Waals surface area contributed by atoms with Gasteiger partial charge < -0.3 is 14.4 Å². The Hall–Kier alpha value is -3.35. The van der Waals surface area contributed by atoms with E-state index in [1.54, 1.807) is 32.2 Å². The van der Waals surface area contributed by atoms with Crippen LogP contribution in [0.2, 0.25) is 0 Å².